The van der Waals surface area contributed by atoms with E-state index in [1.165, 1.54) is 22.5 Å². The molecule has 0 aliphatic heterocycles. The summed E-state index contributed by atoms with van der Waals surface area (Å²) >= 11 is 0. The minimum atomic E-state index is -3.57. The third-order valence-electron chi connectivity index (χ3n) is 3.17. The first-order chi connectivity index (χ1) is 9.78. The summed E-state index contributed by atoms with van der Waals surface area (Å²) in [4.78, 5) is 2.13. The van der Waals surface area contributed by atoms with Crippen molar-refractivity contribution in [1.82, 2.24) is 14.5 Å². The lowest BCUT2D eigenvalue weighted by atomic mass is 10.2. The van der Waals surface area contributed by atoms with E-state index in [-0.39, 0.29) is 4.90 Å². The van der Waals surface area contributed by atoms with Gasteiger partial charge in [-0.15, -0.1) is 0 Å². The maximum Gasteiger partial charge on any atom is 0.242 e. The Morgan fingerprint density at radius 3 is 2.43 bits per heavy atom. The standard InChI is InChI=1S/C14H24FN3O2S/c1-16-11-12-10-13(6-7-14(12)15)21(19,20)18(4)9-5-8-17(2)3/h6-7,10,16H,5,8-9,11H2,1-4H3. The molecule has 0 spiro atoms. The molecule has 0 saturated heterocycles. The summed E-state index contributed by atoms with van der Waals surface area (Å²) in [5.41, 5.74) is 0.347. The molecule has 0 aliphatic rings. The molecule has 0 unspecified atom stereocenters. The monoisotopic (exact) mass is 317 g/mol. The second-order valence-electron chi connectivity index (χ2n) is 5.27. The Morgan fingerprint density at radius 2 is 1.86 bits per heavy atom. The molecular formula is C14H24FN3O2S. The van der Waals surface area contributed by atoms with Crippen molar-refractivity contribution in [3.63, 3.8) is 0 Å². The lowest BCUT2D eigenvalue weighted by Crippen LogP contribution is -2.30. The zero-order chi connectivity index (χ0) is 16.0. The van der Waals surface area contributed by atoms with Gasteiger partial charge in [0, 0.05) is 25.7 Å². The van der Waals surface area contributed by atoms with E-state index in [1.54, 1.807) is 14.1 Å². The lowest BCUT2D eigenvalue weighted by molar-refractivity contribution is 0.370. The van der Waals surface area contributed by atoms with Crippen LogP contribution in [0.15, 0.2) is 23.1 Å². The molecule has 7 heteroatoms. The summed E-state index contributed by atoms with van der Waals surface area (Å²) in [5.74, 6) is -0.404. The van der Waals surface area contributed by atoms with Gasteiger partial charge in [-0.2, -0.15) is 0 Å². The first-order valence-electron chi connectivity index (χ1n) is 6.83. The average Bonchev–Trinajstić information content (AvgIpc) is 2.40. The fourth-order valence-electron chi connectivity index (χ4n) is 1.95. The maximum absolute atomic E-state index is 13.6. The van der Waals surface area contributed by atoms with Gasteiger partial charge in [0.05, 0.1) is 4.90 Å². The summed E-state index contributed by atoms with van der Waals surface area (Å²) in [6.07, 6.45) is 0.743. The van der Waals surface area contributed by atoms with Crippen LogP contribution >= 0.6 is 0 Å². The van der Waals surface area contributed by atoms with Crippen molar-refractivity contribution in [2.75, 3.05) is 41.3 Å². The summed E-state index contributed by atoms with van der Waals surface area (Å²) in [6.45, 7) is 1.53. The zero-order valence-corrected chi connectivity index (χ0v) is 13.9. The third-order valence-corrected chi connectivity index (χ3v) is 5.02. The summed E-state index contributed by atoms with van der Waals surface area (Å²) in [5, 5.41) is 2.83. The molecule has 0 saturated carbocycles. The molecule has 0 aromatic heterocycles. The van der Waals surface area contributed by atoms with Gasteiger partial charge in [-0.25, -0.2) is 17.1 Å². The van der Waals surface area contributed by atoms with Crippen molar-refractivity contribution in [1.29, 1.82) is 0 Å². The van der Waals surface area contributed by atoms with Crippen LogP contribution < -0.4 is 5.32 Å². The second kappa shape index (κ2) is 7.84. The fourth-order valence-corrected chi connectivity index (χ4v) is 3.21. The predicted molar refractivity (Wildman–Crippen MR) is 82.2 cm³/mol. The van der Waals surface area contributed by atoms with E-state index in [4.69, 9.17) is 0 Å². The normalized spacial score (nSPS) is 12.3. The van der Waals surface area contributed by atoms with E-state index in [1.807, 2.05) is 19.0 Å². The summed E-state index contributed by atoms with van der Waals surface area (Å²) < 4.78 is 39.8. The molecule has 0 radical (unpaired) electrons. The van der Waals surface area contributed by atoms with Crippen LogP contribution in [0.5, 0.6) is 0 Å². The van der Waals surface area contributed by atoms with Gasteiger partial charge in [0.25, 0.3) is 0 Å². The molecule has 0 atom stereocenters. The number of hydrogen-bond acceptors (Lipinski definition) is 4. The Labute approximate surface area is 126 Å². The minimum absolute atomic E-state index is 0.126. The smallest absolute Gasteiger partial charge is 0.242 e. The van der Waals surface area contributed by atoms with Crippen LogP contribution in [-0.4, -0.2) is 58.9 Å². The van der Waals surface area contributed by atoms with Crippen LogP contribution in [0.2, 0.25) is 0 Å². The van der Waals surface area contributed by atoms with Gasteiger partial charge in [0.1, 0.15) is 5.82 Å². The summed E-state index contributed by atoms with van der Waals surface area (Å²) in [7, 11) is 3.55. The third kappa shape index (κ3) is 5.03. The largest absolute Gasteiger partial charge is 0.316 e. The van der Waals surface area contributed by atoms with Crippen molar-refractivity contribution < 1.29 is 12.8 Å². The number of halogens is 1. The first-order valence-corrected chi connectivity index (χ1v) is 8.27. The number of benzene rings is 1. The van der Waals surface area contributed by atoms with Crippen LogP contribution in [-0.2, 0) is 16.6 Å². The quantitative estimate of drug-likeness (QED) is 0.781. The average molecular weight is 317 g/mol. The van der Waals surface area contributed by atoms with Crippen molar-refractivity contribution in [3.05, 3.63) is 29.6 Å². The topological polar surface area (TPSA) is 52.7 Å². The molecule has 120 valence electrons. The first kappa shape index (κ1) is 18.0. The number of nitrogens with zero attached hydrogens (tertiary/aromatic N) is 2. The molecule has 0 aliphatic carbocycles. The minimum Gasteiger partial charge on any atom is -0.316 e. The molecular weight excluding hydrogens is 293 g/mol. The van der Waals surface area contributed by atoms with Crippen molar-refractivity contribution in [2.24, 2.45) is 0 Å². The fraction of sp³-hybridized carbons (Fsp3) is 0.571. The van der Waals surface area contributed by atoms with E-state index in [2.05, 4.69) is 5.32 Å². The highest BCUT2D eigenvalue weighted by molar-refractivity contribution is 7.89. The van der Waals surface area contributed by atoms with E-state index in [9.17, 15) is 12.8 Å². The van der Waals surface area contributed by atoms with Crippen molar-refractivity contribution in [3.8, 4) is 0 Å². The molecule has 0 heterocycles. The van der Waals surface area contributed by atoms with Gasteiger partial charge < -0.3 is 10.2 Å². The van der Waals surface area contributed by atoms with Gasteiger partial charge in [-0.1, -0.05) is 0 Å². The molecule has 1 aromatic carbocycles. The maximum atomic E-state index is 13.6. The number of rotatable bonds is 8. The van der Waals surface area contributed by atoms with Crippen molar-refractivity contribution >= 4 is 10.0 Å². The number of hydrogen-bond donors (Lipinski definition) is 1. The van der Waals surface area contributed by atoms with Gasteiger partial charge in [-0.3, -0.25) is 0 Å². The molecule has 5 nitrogen and oxygen atoms in total. The number of nitrogens with one attached hydrogen (secondary N) is 1. The van der Waals surface area contributed by atoms with Gasteiger partial charge in [0.2, 0.25) is 10.0 Å². The molecule has 0 bridgehead atoms. The van der Waals surface area contributed by atoms with E-state index < -0.39 is 15.8 Å². The van der Waals surface area contributed by atoms with E-state index in [0.717, 1.165) is 13.0 Å². The SMILES string of the molecule is CNCc1cc(S(=O)(=O)N(C)CCCN(C)C)ccc1F. The van der Waals surface area contributed by atoms with Crippen LogP contribution in [0.25, 0.3) is 0 Å². The Bertz CT molecular complexity index is 561. The van der Waals surface area contributed by atoms with Crippen LogP contribution in [0.1, 0.15) is 12.0 Å². The molecule has 1 rings (SSSR count). The second-order valence-corrected chi connectivity index (χ2v) is 7.31. The van der Waals surface area contributed by atoms with E-state index >= 15 is 0 Å². The Morgan fingerprint density at radius 1 is 1.19 bits per heavy atom. The molecule has 0 fully saturated rings. The summed E-state index contributed by atoms with van der Waals surface area (Å²) in [6, 6.07) is 3.91. The van der Waals surface area contributed by atoms with Crippen LogP contribution in [0.3, 0.4) is 0 Å². The highest BCUT2D eigenvalue weighted by Crippen LogP contribution is 2.18. The molecule has 21 heavy (non-hydrogen) atoms. The lowest BCUT2D eigenvalue weighted by Gasteiger charge is -2.19. The number of sulfonamides is 1. The van der Waals surface area contributed by atoms with Crippen LogP contribution in [0, 0.1) is 5.82 Å². The highest BCUT2D eigenvalue weighted by atomic mass is 32.2. The Kier molecular flexibility index (Phi) is 6.73. The molecule has 1 N–H and O–H groups in total. The Hall–Kier alpha value is -1.02. The highest BCUT2D eigenvalue weighted by Gasteiger charge is 2.21. The van der Waals surface area contributed by atoms with E-state index in [0.29, 0.717) is 18.7 Å². The van der Waals surface area contributed by atoms with Crippen LogP contribution in [0.4, 0.5) is 4.39 Å². The predicted octanol–water partition coefficient (Wildman–Crippen LogP) is 1.12. The molecule has 1 aromatic rings. The Balaban J connectivity index is 2.89. The van der Waals surface area contributed by atoms with Gasteiger partial charge in [-0.05, 0) is 52.3 Å². The zero-order valence-electron chi connectivity index (χ0n) is 13.1. The molecule has 0 amide bonds. The van der Waals surface area contributed by atoms with Gasteiger partial charge in [0.15, 0.2) is 0 Å². The van der Waals surface area contributed by atoms with Crippen molar-refractivity contribution in [2.45, 2.75) is 17.9 Å². The van der Waals surface area contributed by atoms with Gasteiger partial charge >= 0.3 is 0 Å².